The molecule has 0 spiro atoms. The Balaban J connectivity index is 1.67. The zero-order valence-electron chi connectivity index (χ0n) is 18.6. The Bertz CT molecular complexity index is 1070. The summed E-state index contributed by atoms with van der Waals surface area (Å²) in [4.78, 5) is 27.5. The zero-order chi connectivity index (χ0) is 23.0. The van der Waals surface area contributed by atoms with Gasteiger partial charge in [-0.1, -0.05) is 60.3 Å². The van der Waals surface area contributed by atoms with Gasteiger partial charge in [-0.3, -0.25) is 19.6 Å². The van der Waals surface area contributed by atoms with Crippen molar-refractivity contribution in [3.63, 3.8) is 0 Å². The molecule has 0 saturated carbocycles. The first-order valence-electron chi connectivity index (χ1n) is 11.2. The van der Waals surface area contributed by atoms with Gasteiger partial charge in [0.25, 0.3) is 0 Å². The molecule has 2 heterocycles. The summed E-state index contributed by atoms with van der Waals surface area (Å²) in [5.74, 6) is 0.433. The van der Waals surface area contributed by atoms with Crippen LogP contribution in [0.25, 0.3) is 5.69 Å². The van der Waals surface area contributed by atoms with Crippen molar-refractivity contribution in [2.45, 2.75) is 36.7 Å². The number of rotatable bonds is 8. The highest BCUT2D eigenvalue weighted by molar-refractivity contribution is 8.00. The van der Waals surface area contributed by atoms with Crippen molar-refractivity contribution in [3.8, 4) is 5.69 Å². The molecular weight excluding hydrogens is 436 g/mol. The molecule has 0 aliphatic carbocycles. The Morgan fingerprint density at radius 3 is 2.33 bits per heavy atom. The summed E-state index contributed by atoms with van der Waals surface area (Å²) in [5.41, 5.74) is 1.73. The van der Waals surface area contributed by atoms with E-state index >= 15 is 0 Å². The number of urea groups is 1. The highest BCUT2D eigenvalue weighted by atomic mass is 32.2. The predicted molar refractivity (Wildman–Crippen MR) is 128 cm³/mol. The summed E-state index contributed by atoms with van der Waals surface area (Å²) in [6, 6.07) is 18.8. The van der Waals surface area contributed by atoms with Crippen LogP contribution in [0.1, 0.15) is 36.4 Å². The average Bonchev–Trinajstić information content (AvgIpc) is 3.49. The molecule has 2 N–H and O–H groups in total. The maximum Gasteiger partial charge on any atom is 0.321 e. The van der Waals surface area contributed by atoms with Crippen molar-refractivity contribution in [1.82, 2.24) is 30.3 Å². The summed E-state index contributed by atoms with van der Waals surface area (Å²) in [6.45, 7) is 5.03. The van der Waals surface area contributed by atoms with Crippen LogP contribution in [0.5, 0.6) is 0 Å². The maximum atomic E-state index is 13.1. The molecule has 1 aliphatic rings. The molecule has 9 heteroatoms. The number of benzene rings is 2. The quantitative estimate of drug-likeness (QED) is 0.496. The van der Waals surface area contributed by atoms with E-state index < -0.39 is 17.2 Å². The molecule has 0 bridgehead atoms. The largest absolute Gasteiger partial charge is 0.338 e. The first-order chi connectivity index (χ1) is 16.2. The van der Waals surface area contributed by atoms with Crippen LogP contribution in [-0.4, -0.2) is 51.2 Å². The Morgan fingerprint density at radius 2 is 1.67 bits per heavy atom. The predicted octanol–water partition coefficient (Wildman–Crippen LogP) is 3.54. The fourth-order valence-corrected chi connectivity index (χ4v) is 4.92. The first-order valence-corrected chi connectivity index (χ1v) is 12.1. The van der Waals surface area contributed by atoms with Gasteiger partial charge in [-0.15, -0.1) is 10.2 Å². The van der Waals surface area contributed by atoms with E-state index in [1.807, 2.05) is 65.2 Å². The average molecular weight is 465 g/mol. The van der Waals surface area contributed by atoms with Gasteiger partial charge in [0.05, 0.1) is 6.54 Å². The lowest BCUT2D eigenvalue weighted by Crippen LogP contribution is -2.41. The minimum absolute atomic E-state index is 0.402. The van der Waals surface area contributed by atoms with Gasteiger partial charge < -0.3 is 5.32 Å². The number of nitrogens with one attached hydrogen (secondary N) is 2. The molecular formula is C24H28N6O2S. The third kappa shape index (κ3) is 5.80. The van der Waals surface area contributed by atoms with Crippen LogP contribution in [0.15, 0.2) is 65.8 Å². The number of hydrogen-bond acceptors (Lipinski definition) is 6. The molecule has 1 unspecified atom stereocenters. The summed E-state index contributed by atoms with van der Waals surface area (Å²) < 4.78 is 2.01. The highest BCUT2D eigenvalue weighted by Gasteiger charge is 2.28. The second-order valence-electron chi connectivity index (χ2n) is 7.81. The maximum absolute atomic E-state index is 13.1. The molecule has 3 amide bonds. The monoisotopic (exact) mass is 464 g/mol. The van der Waals surface area contributed by atoms with E-state index in [1.165, 1.54) is 24.6 Å². The van der Waals surface area contributed by atoms with Crippen LogP contribution in [0.4, 0.5) is 4.79 Å². The normalized spacial score (nSPS) is 14.7. The van der Waals surface area contributed by atoms with Gasteiger partial charge in [-0.05, 0) is 50.6 Å². The Morgan fingerprint density at radius 1 is 1.00 bits per heavy atom. The molecule has 1 aromatic heterocycles. The lowest BCUT2D eigenvalue weighted by Gasteiger charge is -2.18. The second-order valence-corrected chi connectivity index (χ2v) is 8.88. The summed E-state index contributed by atoms with van der Waals surface area (Å²) in [5, 5.41) is 14.0. The van der Waals surface area contributed by atoms with E-state index in [9.17, 15) is 9.59 Å². The van der Waals surface area contributed by atoms with Gasteiger partial charge in [0.15, 0.2) is 11.0 Å². The lowest BCUT2D eigenvalue weighted by atomic mass is 10.1. The van der Waals surface area contributed by atoms with Crippen LogP contribution in [0.2, 0.25) is 0 Å². The molecule has 1 saturated heterocycles. The topological polar surface area (TPSA) is 92.2 Å². The number of carbonyl (C=O) groups excluding carboxylic acids is 2. The van der Waals surface area contributed by atoms with Crippen molar-refractivity contribution in [1.29, 1.82) is 0 Å². The molecule has 172 valence electrons. The van der Waals surface area contributed by atoms with E-state index in [0.29, 0.717) is 18.2 Å². The van der Waals surface area contributed by atoms with Crippen molar-refractivity contribution >= 4 is 23.7 Å². The number of aromatic nitrogens is 3. The Kier molecular flexibility index (Phi) is 7.74. The zero-order valence-corrected chi connectivity index (χ0v) is 19.4. The number of hydrogen-bond donors (Lipinski definition) is 2. The first kappa shape index (κ1) is 23.0. The highest BCUT2D eigenvalue weighted by Crippen LogP contribution is 2.36. The smallest absolute Gasteiger partial charge is 0.321 e. The van der Waals surface area contributed by atoms with Crippen molar-refractivity contribution in [3.05, 3.63) is 72.1 Å². The van der Waals surface area contributed by atoms with Crippen LogP contribution >= 0.6 is 11.8 Å². The van der Waals surface area contributed by atoms with Gasteiger partial charge >= 0.3 is 6.03 Å². The van der Waals surface area contributed by atoms with E-state index in [-0.39, 0.29) is 0 Å². The van der Waals surface area contributed by atoms with E-state index in [0.717, 1.165) is 30.2 Å². The molecule has 2 aromatic carbocycles. The number of imide groups is 1. The van der Waals surface area contributed by atoms with E-state index in [1.54, 1.807) is 6.92 Å². The summed E-state index contributed by atoms with van der Waals surface area (Å²) in [7, 11) is 0. The van der Waals surface area contributed by atoms with Crippen LogP contribution in [0, 0.1) is 0 Å². The summed E-state index contributed by atoms with van der Waals surface area (Å²) in [6.07, 6.45) is 2.38. The number of thioether (sulfide) groups is 1. The standard InChI is InChI=1S/C24H28N6O2S/c1-2-25-23(32)26-22(31)21(18-11-5-3-6-12-18)33-24-28-27-20(17-29-15-9-10-16-29)30(24)19-13-7-4-8-14-19/h3-8,11-14,21H,2,9-10,15-17H2,1H3,(H2,25,26,31,32). The minimum atomic E-state index is -0.667. The van der Waals surface area contributed by atoms with Crippen molar-refractivity contribution in [2.75, 3.05) is 19.6 Å². The van der Waals surface area contributed by atoms with Crippen molar-refractivity contribution < 1.29 is 9.59 Å². The minimum Gasteiger partial charge on any atom is -0.338 e. The fraction of sp³-hybridized carbons (Fsp3) is 0.333. The van der Waals surface area contributed by atoms with Crippen LogP contribution in [0.3, 0.4) is 0 Å². The van der Waals surface area contributed by atoms with Gasteiger partial charge in [-0.25, -0.2) is 4.79 Å². The number of nitrogens with zero attached hydrogens (tertiary/aromatic N) is 4. The van der Waals surface area contributed by atoms with Crippen molar-refractivity contribution in [2.24, 2.45) is 0 Å². The Hall–Kier alpha value is -3.17. The summed E-state index contributed by atoms with van der Waals surface area (Å²) >= 11 is 1.29. The van der Waals surface area contributed by atoms with Crippen LogP contribution in [-0.2, 0) is 11.3 Å². The molecule has 8 nitrogen and oxygen atoms in total. The Labute approximate surface area is 197 Å². The SMILES string of the molecule is CCNC(=O)NC(=O)C(Sc1nnc(CN2CCCC2)n1-c1ccccc1)c1ccccc1. The number of carbonyl (C=O) groups is 2. The number of likely N-dealkylation sites (tertiary alicyclic amines) is 1. The number of amides is 3. The number of para-hydroxylation sites is 1. The van der Waals surface area contributed by atoms with Gasteiger partial charge in [0.1, 0.15) is 5.25 Å². The van der Waals surface area contributed by atoms with E-state index in [2.05, 4.69) is 25.7 Å². The van der Waals surface area contributed by atoms with Gasteiger partial charge in [0.2, 0.25) is 5.91 Å². The molecule has 1 fully saturated rings. The fourth-order valence-electron chi connectivity index (χ4n) is 3.84. The molecule has 33 heavy (non-hydrogen) atoms. The lowest BCUT2D eigenvalue weighted by molar-refractivity contribution is -0.119. The molecule has 3 aromatic rings. The molecule has 0 radical (unpaired) electrons. The van der Waals surface area contributed by atoms with Gasteiger partial charge in [0, 0.05) is 12.2 Å². The van der Waals surface area contributed by atoms with E-state index in [4.69, 9.17) is 0 Å². The molecule has 4 rings (SSSR count). The van der Waals surface area contributed by atoms with Gasteiger partial charge in [-0.2, -0.15) is 0 Å². The third-order valence-corrected chi connectivity index (χ3v) is 6.61. The molecule has 1 atom stereocenters. The third-order valence-electron chi connectivity index (χ3n) is 5.42. The van der Waals surface area contributed by atoms with Crippen LogP contribution < -0.4 is 10.6 Å². The molecule has 1 aliphatic heterocycles. The second kappa shape index (κ2) is 11.1.